The second-order valence-corrected chi connectivity index (χ2v) is 12.3. The minimum Gasteiger partial charge on any atom is -0.415 e. The first-order valence-electron chi connectivity index (χ1n) is 12.0. The first-order chi connectivity index (χ1) is 18.0. The Balaban J connectivity index is 1.54. The molecule has 0 spiro atoms. The summed E-state index contributed by atoms with van der Waals surface area (Å²) in [4.78, 5) is 0. The first kappa shape index (κ1) is 25.2. The fourth-order valence-corrected chi connectivity index (χ4v) is 8.75. The largest absolute Gasteiger partial charge is 0.516 e. The van der Waals surface area contributed by atoms with Gasteiger partial charge in [0.05, 0.1) is 0 Å². The number of rotatable bonds is 10. The number of hydrogen-bond acceptors (Lipinski definition) is 6. The Morgan fingerprint density at radius 2 is 0.892 bits per heavy atom. The van der Waals surface area contributed by atoms with E-state index in [1.54, 1.807) is 97.1 Å². The Kier molecular flexibility index (Phi) is 7.66. The minimum absolute atomic E-state index is 0.321. The Hall–Kier alpha value is -3.50. The molecular formula is C28H27NO6P2. The summed E-state index contributed by atoms with van der Waals surface area (Å²) in [6.07, 6.45) is 1.02. The zero-order chi connectivity index (χ0) is 25.6. The van der Waals surface area contributed by atoms with E-state index in [2.05, 4.69) is 0 Å². The highest BCUT2D eigenvalue weighted by Crippen LogP contribution is 2.65. The minimum atomic E-state index is -4.07. The van der Waals surface area contributed by atoms with Gasteiger partial charge in [0, 0.05) is 6.54 Å². The highest BCUT2D eigenvalue weighted by Gasteiger charge is 2.55. The molecular weight excluding hydrogens is 508 g/mol. The second kappa shape index (κ2) is 11.3. The van der Waals surface area contributed by atoms with E-state index < -0.39 is 21.1 Å². The van der Waals surface area contributed by atoms with Gasteiger partial charge in [-0.2, -0.15) is 4.67 Å². The molecule has 37 heavy (non-hydrogen) atoms. The van der Waals surface area contributed by atoms with Crippen molar-refractivity contribution in [2.45, 2.75) is 18.6 Å². The highest BCUT2D eigenvalue weighted by molar-refractivity contribution is 7.58. The molecule has 4 aromatic carbocycles. The molecule has 1 aliphatic heterocycles. The summed E-state index contributed by atoms with van der Waals surface area (Å²) >= 11 is 0. The number of nitrogens with zero attached hydrogens (tertiary/aromatic N) is 1. The molecule has 1 aliphatic rings. The van der Waals surface area contributed by atoms with Crippen LogP contribution in [-0.4, -0.2) is 17.0 Å². The van der Waals surface area contributed by atoms with Gasteiger partial charge in [0.25, 0.3) is 0 Å². The van der Waals surface area contributed by atoms with Crippen molar-refractivity contribution < 1.29 is 27.2 Å². The standard InChI is InChI=1S/C28H27NO6P2/c30-36(32-24-14-5-1-6-15-24,33-25-16-7-2-8-17-25)28-22-13-23-29(28)37(31,34-26-18-9-3-10-19-26)35-27-20-11-4-12-21-27/h1-12,14-21,28H,13,22-23H2. The van der Waals surface area contributed by atoms with Crippen molar-refractivity contribution in [3.05, 3.63) is 121 Å². The lowest BCUT2D eigenvalue weighted by Gasteiger charge is -2.34. The molecule has 0 aliphatic carbocycles. The van der Waals surface area contributed by atoms with Crippen LogP contribution >= 0.6 is 15.3 Å². The summed E-state index contributed by atoms with van der Waals surface area (Å²) in [6.45, 7) is 0.321. The van der Waals surface area contributed by atoms with Gasteiger partial charge in [-0.1, -0.05) is 72.8 Å². The molecule has 5 rings (SSSR count). The Morgan fingerprint density at radius 1 is 0.541 bits per heavy atom. The van der Waals surface area contributed by atoms with Crippen LogP contribution in [0.2, 0.25) is 0 Å². The smallest absolute Gasteiger partial charge is 0.415 e. The lowest BCUT2D eigenvalue weighted by molar-refractivity contribution is 0.274. The van der Waals surface area contributed by atoms with Gasteiger partial charge in [0.2, 0.25) is 0 Å². The second-order valence-electron chi connectivity index (χ2n) is 8.41. The van der Waals surface area contributed by atoms with Crippen LogP contribution in [0.1, 0.15) is 12.8 Å². The number of benzene rings is 4. The van der Waals surface area contributed by atoms with Gasteiger partial charge >= 0.3 is 15.3 Å². The van der Waals surface area contributed by atoms with Crippen LogP contribution in [0.25, 0.3) is 0 Å². The predicted octanol–water partition coefficient (Wildman–Crippen LogP) is 8.03. The molecule has 1 unspecified atom stereocenters. The van der Waals surface area contributed by atoms with Crippen LogP contribution in [-0.2, 0) is 9.13 Å². The maximum atomic E-state index is 14.6. The molecule has 9 heteroatoms. The lowest BCUT2D eigenvalue weighted by Crippen LogP contribution is -2.33. The molecule has 7 nitrogen and oxygen atoms in total. The van der Waals surface area contributed by atoms with Gasteiger partial charge in [-0.15, -0.1) is 0 Å². The normalized spacial score (nSPS) is 16.2. The van der Waals surface area contributed by atoms with Gasteiger partial charge in [-0.3, -0.25) is 0 Å². The Labute approximate surface area is 216 Å². The van der Waals surface area contributed by atoms with Crippen LogP contribution in [0.3, 0.4) is 0 Å². The van der Waals surface area contributed by atoms with Crippen LogP contribution < -0.4 is 18.1 Å². The van der Waals surface area contributed by atoms with Gasteiger partial charge in [-0.05, 0) is 61.4 Å². The molecule has 0 radical (unpaired) electrons. The third-order valence-electron chi connectivity index (χ3n) is 5.75. The van der Waals surface area contributed by atoms with E-state index in [4.69, 9.17) is 18.1 Å². The zero-order valence-electron chi connectivity index (χ0n) is 20.0. The van der Waals surface area contributed by atoms with Gasteiger partial charge in [0.15, 0.2) is 0 Å². The molecule has 1 saturated heterocycles. The van der Waals surface area contributed by atoms with E-state index in [1.807, 2.05) is 24.3 Å². The maximum absolute atomic E-state index is 14.6. The van der Waals surface area contributed by atoms with E-state index >= 15 is 0 Å². The van der Waals surface area contributed by atoms with E-state index in [-0.39, 0.29) is 0 Å². The van der Waals surface area contributed by atoms with Crippen molar-refractivity contribution in [1.82, 2.24) is 4.67 Å². The van der Waals surface area contributed by atoms with E-state index in [9.17, 15) is 9.13 Å². The summed E-state index contributed by atoms with van der Waals surface area (Å²) in [5.41, 5.74) is 0. The van der Waals surface area contributed by atoms with Crippen molar-refractivity contribution in [1.29, 1.82) is 0 Å². The topological polar surface area (TPSA) is 74.3 Å². The van der Waals surface area contributed by atoms with Crippen LogP contribution in [0.15, 0.2) is 121 Å². The zero-order valence-corrected chi connectivity index (χ0v) is 21.8. The summed E-state index contributed by atoms with van der Waals surface area (Å²) in [6, 6.07) is 35.3. The molecule has 0 amide bonds. The maximum Gasteiger partial charge on any atom is 0.516 e. The monoisotopic (exact) mass is 535 g/mol. The predicted molar refractivity (Wildman–Crippen MR) is 143 cm³/mol. The SMILES string of the molecule is O=P(Oc1ccccc1)(Oc1ccccc1)C1CCCN1P(=O)(Oc1ccccc1)Oc1ccccc1. The van der Waals surface area contributed by atoms with E-state index in [0.717, 1.165) is 0 Å². The third-order valence-corrected chi connectivity index (χ3v) is 10.1. The quantitative estimate of drug-likeness (QED) is 0.190. The van der Waals surface area contributed by atoms with E-state index in [0.29, 0.717) is 42.4 Å². The Bertz CT molecular complexity index is 1180. The molecule has 0 N–H and O–H groups in total. The molecule has 0 aromatic heterocycles. The lowest BCUT2D eigenvalue weighted by atomic mass is 10.3. The fourth-order valence-electron chi connectivity index (χ4n) is 4.09. The Morgan fingerprint density at radius 3 is 1.27 bits per heavy atom. The molecule has 190 valence electrons. The van der Waals surface area contributed by atoms with Crippen molar-refractivity contribution >= 4 is 15.3 Å². The van der Waals surface area contributed by atoms with Crippen molar-refractivity contribution in [2.24, 2.45) is 0 Å². The molecule has 1 fully saturated rings. The molecule has 0 bridgehead atoms. The molecule has 1 atom stereocenters. The molecule has 4 aromatic rings. The highest BCUT2D eigenvalue weighted by atomic mass is 31.2. The summed E-state index contributed by atoms with van der Waals surface area (Å²) < 4.78 is 54.9. The van der Waals surface area contributed by atoms with Gasteiger partial charge in [-0.25, -0.2) is 9.13 Å². The van der Waals surface area contributed by atoms with Crippen LogP contribution in [0.4, 0.5) is 0 Å². The third kappa shape index (κ3) is 6.08. The van der Waals surface area contributed by atoms with Crippen LogP contribution in [0, 0.1) is 0 Å². The van der Waals surface area contributed by atoms with Gasteiger partial charge in [0.1, 0.15) is 28.8 Å². The first-order valence-corrected chi connectivity index (χ1v) is 15.1. The summed E-state index contributed by atoms with van der Waals surface area (Å²) in [7, 11) is -8.05. The fraction of sp³-hybridized carbons (Fsp3) is 0.143. The van der Waals surface area contributed by atoms with Crippen molar-refractivity contribution in [3.8, 4) is 23.0 Å². The number of hydrogen-bond donors (Lipinski definition) is 0. The average molecular weight is 535 g/mol. The summed E-state index contributed by atoms with van der Waals surface area (Å²) in [5.74, 6) is 0.629. The van der Waals surface area contributed by atoms with Gasteiger partial charge < -0.3 is 18.1 Å². The molecule has 1 heterocycles. The van der Waals surface area contributed by atoms with Crippen molar-refractivity contribution in [3.63, 3.8) is 0 Å². The van der Waals surface area contributed by atoms with Crippen molar-refractivity contribution in [2.75, 3.05) is 6.54 Å². The average Bonchev–Trinajstić information content (AvgIpc) is 3.43. The van der Waals surface area contributed by atoms with Crippen LogP contribution in [0.5, 0.6) is 23.0 Å². The number of para-hydroxylation sites is 4. The van der Waals surface area contributed by atoms with E-state index in [1.165, 1.54) is 4.67 Å². The molecule has 0 saturated carbocycles. The summed E-state index contributed by atoms with van der Waals surface area (Å²) in [5, 5.41) is 0.